The van der Waals surface area contributed by atoms with Gasteiger partial charge in [-0.15, -0.1) is 0 Å². The van der Waals surface area contributed by atoms with Crippen LogP contribution in [0.25, 0.3) is 0 Å². The van der Waals surface area contributed by atoms with E-state index in [2.05, 4.69) is 0 Å². The summed E-state index contributed by atoms with van der Waals surface area (Å²) in [6.45, 7) is 5.28. The fourth-order valence-corrected chi connectivity index (χ4v) is 0.973. The summed E-state index contributed by atoms with van der Waals surface area (Å²) in [6.07, 6.45) is 1.26. The highest BCUT2D eigenvalue weighted by Crippen LogP contribution is 2.26. The van der Waals surface area contributed by atoms with Gasteiger partial charge in [-0.25, -0.2) is 4.74 Å². The molecule has 0 fully saturated rings. The molecule has 0 saturated heterocycles. The van der Waals surface area contributed by atoms with Gasteiger partial charge in [-0.3, -0.25) is 0 Å². The molecule has 0 atom stereocenters. The lowest BCUT2D eigenvalue weighted by Crippen LogP contribution is -2.29. The minimum atomic E-state index is -0.572. The van der Waals surface area contributed by atoms with Crippen molar-refractivity contribution < 1.29 is 15.0 Å². The van der Waals surface area contributed by atoms with E-state index in [1.165, 1.54) is 12.3 Å². The van der Waals surface area contributed by atoms with Gasteiger partial charge in [0.2, 0.25) is 0 Å². The Hall–Kier alpha value is -1.71. The lowest BCUT2D eigenvalue weighted by atomic mass is 10.1. The smallest absolute Gasteiger partial charge is 0.186 e. The standard InChI is InChI=1S/C11H15NO3/c1-11(2,3)12(15)7-8-5-4-6-9(13)10(8)14/h4-7,13-14H,1-3H3. The topological polar surface area (TPSA) is 66.5 Å². The van der Waals surface area contributed by atoms with Crippen molar-refractivity contribution in [1.82, 2.24) is 0 Å². The third-order valence-electron chi connectivity index (χ3n) is 1.96. The van der Waals surface area contributed by atoms with E-state index in [0.717, 1.165) is 4.74 Å². The second kappa shape index (κ2) is 3.81. The lowest BCUT2D eigenvalue weighted by Gasteiger charge is -2.18. The number of aromatic hydroxyl groups is 2. The number of hydrogen-bond acceptors (Lipinski definition) is 3. The highest BCUT2D eigenvalue weighted by molar-refractivity contribution is 5.81. The monoisotopic (exact) mass is 209 g/mol. The number of rotatable bonds is 1. The van der Waals surface area contributed by atoms with Crippen LogP contribution >= 0.6 is 0 Å². The van der Waals surface area contributed by atoms with Gasteiger partial charge in [-0.05, 0) is 12.1 Å². The van der Waals surface area contributed by atoms with Crippen LogP contribution in [-0.2, 0) is 0 Å². The number of phenols is 2. The fourth-order valence-electron chi connectivity index (χ4n) is 0.973. The summed E-state index contributed by atoms with van der Waals surface area (Å²) in [6, 6.07) is 4.49. The van der Waals surface area contributed by atoms with Crippen LogP contribution in [0, 0.1) is 5.21 Å². The largest absolute Gasteiger partial charge is 0.623 e. The summed E-state index contributed by atoms with van der Waals surface area (Å²) in [7, 11) is 0. The first-order chi connectivity index (χ1) is 6.82. The van der Waals surface area contributed by atoms with Crippen LogP contribution in [0.2, 0.25) is 0 Å². The molecule has 0 spiro atoms. The number of hydroxylamine groups is 1. The van der Waals surface area contributed by atoms with Crippen molar-refractivity contribution in [2.45, 2.75) is 26.3 Å². The average molecular weight is 209 g/mol. The Morgan fingerprint density at radius 2 is 1.87 bits per heavy atom. The van der Waals surface area contributed by atoms with Gasteiger partial charge in [0.1, 0.15) is 0 Å². The van der Waals surface area contributed by atoms with E-state index in [4.69, 9.17) is 0 Å². The minimum absolute atomic E-state index is 0.231. The predicted octanol–water partition coefficient (Wildman–Crippen LogP) is 1.83. The van der Waals surface area contributed by atoms with Gasteiger partial charge in [0.05, 0.1) is 5.56 Å². The van der Waals surface area contributed by atoms with E-state index in [9.17, 15) is 15.4 Å². The first-order valence-electron chi connectivity index (χ1n) is 4.64. The molecule has 0 unspecified atom stereocenters. The quantitative estimate of drug-likeness (QED) is 0.244. The van der Waals surface area contributed by atoms with Gasteiger partial charge in [-0.1, -0.05) is 6.07 Å². The molecule has 0 heterocycles. The molecule has 15 heavy (non-hydrogen) atoms. The minimum Gasteiger partial charge on any atom is -0.623 e. The van der Waals surface area contributed by atoms with Crippen molar-refractivity contribution in [1.29, 1.82) is 0 Å². The normalized spacial score (nSPS) is 12.9. The molecule has 1 aromatic carbocycles. The Bertz CT molecular complexity index is 391. The van der Waals surface area contributed by atoms with E-state index in [0.29, 0.717) is 5.56 Å². The van der Waals surface area contributed by atoms with Crippen LogP contribution in [0.4, 0.5) is 0 Å². The molecule has 1 rings (SSSR count). The van der Waals surface area contributed by atoms with Crippen LogP contribution < -0.4 is 0 Å². The van der Waals surface area contributed by atoms with Gasteiger partial charge < -0.3 is 15.4 Å². The van der Waals surface area contributed by atoms with Crippen LogP contribution in [0.5, 0.6) is 11.5 Å². The Kier molecular flexibility index (Phi) is 2.88. The molecule has 4 heteroatoms. The van der Waals surface area contributed by atoms with Crippen LogP contribution in [0.15, 0.2) is 18.2 Å². The van der Waals surface area contributed by atoms with Gasteiger partial charge >= 0.3 is 0 Å². The van der Waals surface area contributed by atoms with E-state index < -0.39 is 5.54 Å². The maximum absolute atomic E-state index is 11.6. The summed E-state index contributed by atoms with van der Waals surface area (Å²) >= 11 is 0. The van der Waals surface area contributed by atoms with Gasteiger partial charge in [-0.2, -0.15) is 0 Å². The third kappa shape index (κ3) is 2.62. The molecule has 2 N–H and O–H groups in total. The number of benzene rings is 1. The van der Waals surface area contributed by atoms with E-state index in [1.807, 2.05) is 0 Å². The molecule has 0 radical (unpaired) electrons. The van der Waals surface area contributed by atoms with E-state index in [-0.39, 0.29) is 11.5 Å². The SMILES string of the molecule is CC(C)(C)[N+]([O-])=Cc1cccc(O)c1O. The Morgan fingerprint density at radius 3 is 2.40 bits per heavy atom. The molecule has 0 aromatic heterocycles. The molecule has 0 saturated carbocycles. The van der Waals surface area contributed by atoms with Gasteiger partial charge in [0.15, 0.2) is 23.3 Å². The van der Waals surface area contributed by atoms with Crippen molar-refractivity contribution in [3.8, 4) is 11.5 Å². The zero-order chi connectivity index (χ0) is 11.6. The molecular weight excluding hydrogens is 194 g/mol. The second-order valence-electron chi connectivity index (χ2n) is 4.34. The number of para-hydroxylation sites is 1. The maximum atomic E-state index is 11.6. The molecule has 0 bridgehead atoms. The molecule has 0 aliphatic heterocycles. The molecule has 0 aliphatic carbocycles. The molecule has 0 amide bonds. The number of hydrogen-bond donors (Lipinski definition) is 2. The summed E-state index contributed by atoms with van der Waals surface area (Å²) in [5.41, 5.74) is -0.266. The zero-order valence-corrected chi connectivity index (χ0v) is 9.06. The number of phenolic OH excluding ortho intramolecular Hbond substituents is 2. The van der Waals surface area contributed by atoms with Crippen molar-refractivity contribution in [2.75, 3.05) is 0 Å². The van der Waals surface area contributed by atoms with Crippen LogP contribution in [0.3, 0.4) is 0 Å². The first-order valence-corrected chi connectivity index (χ1v) is 4.64. The molecule has 0 aliphatic rings. The lowest BCUT2D eigenvalue weighted by molar-refractivity contribution is -0.530. The van der Waals surface area contributed by atoms with Crippen LogP contribution in [0.1, 0.15) is 26.3 Å². The number of nitrogens with zero attached hydrogens (tertiary/aromatic N) is 1. The van der Waals surface area contributed by atoms with Crippen molar-refractivity contribution >= 4 is 6.21 Å². The third-order valence-corrected chi connectivity index (χ3v) is 1.96. The van der Waals surface area contributed by atoms with Crippen molar-refractivity contribution in [3.63, 3.8) is 0 Å². The summed E-state index contributed by atoms with van der Waals surface area (Å²) in [5.74, 6) is -0.506. The second-order valence-corrected chi connectivity index (χ2v) is 4.34. The van der Waals surface area contributed by atoms with Crippen molar-refractivity contribution in [2.24, 2.45) is 0 Å². The van der Waals surface area contributed by atoms with Gasteiger partial charge in [0.25, 0.3) is 0 Å². The molecule has 1 aromatic rings. The first kappa shape index (κ1) is 11.4. The van der Waals surface area contributed by atoms with Crippen molar-refractivity contribution in [3.05, 3.63) is 29.0 Å². The molecular formula is C11H15NO3. The highest BCUT2D eigenvalue weighted by atomic mass is 16.5. The Balaban J connectivity index is 3.15. The van der Waals surface area contributed by atoms with Gasteiger partial charge in [0, 0.05) is 20.8 Å². The van der Waals surface area contributed by atoms with E-state index in [1.54, 1.807) is 32.9 Å². The zero-order valence-electron chi connectivity index (χ0n) is 9.06. The average Bonchev–Trinajstić information content (AvgIpc) is 2.11. The highest BCUT2D eigenvalue weighted by Gasteiger charge is 2.19. The Morgan fingerprint density at radius 1 is 1.27 bits per heavy atom. The molecule has 82 valence electrons. The summed E-state index contributed by atoms with van der Waals surface area (Å²) < 4.78 is 0.738. The summed E-state index contributed by atoms with van der Waals surface area (Å²) in [5, 5.41) is 30.3. The maximum Gasteiger partial charge on any atom is 0.186 e. The summed E-state index contributed by atoms with van der Waals surface area (Å²) in [4.78, 5) is 0. The van der Waals surface area contributed by atoms with E-state index >= 15 is 0 Å². The Labute approximate surface area is 88.7 Å². The van der Waals surface area contributed by atoms with Crippen LogP contribution in [-0.4, -0.2) is 26.7 Å². The molecule has 4 nitrogen and oxygen atoms in total. The fraction of sp³-hybridized carbons (Fsp3) is 0.364. The predicted molar refractivity (Wildman–Crippen MR) is 58.3 cm³/mol.